The Morgan fingerprint density at radius 1 is 1.20 bits per heavy atom. The lowest BCUT2D eigenvalue weighted by Gasteiger charge is -2.27. The molecule has 1 saturated carbocycles. The van der Waals surface area contributed by atoms with Gasteiger partial charge in [-0.05, 0) is 26.7 Å². The van der Waals surface area contributed by atoms with Crippen molar-refractivity contribution < 1.29 is 19.4 Å². The van der Waals surface area contributed by atoms with Crippen molar-refractivity contribution in [3.05, 3.63) is 0 Å². The van der Waals surface area contributed by atoms with Gasteiger partial charge in [0.05, 0.1) is 17.9 Å². The van der Waals surface area contributed by atoms with Gasteiger partial charge < -0.3 is 9.84 Å². The summed E-state index contributed by atoms with van der Waals surface area (Å²) in [5.74, 6) is -2.22. The molecule has 1 rings (SSSR count). The number of hydrogen-bond acceptors (Lipinski definition) is 3. The van der Waals surface area contributed by atoms with E-state index < -0.39 is 17.8 Å². The Bertz CT molecular complexity index is 247. The first-order valence-electron chi connectivity index (χ1n) is 5.45. The van der Waals surface area contributed by atoms with E-state index in [1.165, 1.54) is 0 Å². The second-order valence-corrected chi connectivity index (χ2v) is 4.32. The van der Waals surface area contributed by atoms with E-state index in [9.17, 15) is 9.59 Å². The molecule has 0 aromatic rings. The zero-order valence-corrected chi connectivity index (χ0v) is 9.23. The normalized spacial score (nSPS) is 26.3. The van der Waals surface area contributed by atoms with Crippen LogP contribution in [-0.2, 0) is 14.3 Å². The summed E-state index contributed by atoms with van der Waals surface area (Å²) in [5.41, 5.74) is 0. The summed E-state index contributed by atoms with van der Waals surface area (Å²) in [6, 6.07) is 0. The Labute approximate surface area is 89.6 Å². The molecule has 0 aliphatic heterocycles. The molecule has 0 unspecified atom stereocenters. The summed E-state index contributed by atoms with van der Waals surface area (Å²) in [5, 5.41) is 8.98. The van der Waals surface area contributed by atoms with E-state index >= 15 is 0 Å². The summed E-state index contributed by atoms with van der Waals surface area (Å²) >= 11 is 0. The third kappa shape index (κ3) is 3.22. The van der Waals surface area contributed by atoms with Crippen LogP contribution in [0.2, 0.25) is 0 Å². The van der Waals surface area contributed by atoms with Crippen LogP contribution >= 0.6 is 0 Å². The number of carbonyl (C=O) groups is 2. The first kappa shape index (κ1) is 12.0. The minimum atomic E-state index is -0.875. The van der Waals surface area contributed by atoms with E-state index in [2.05, 4.69) is 0 Å². The lowest BCUT2D eigenvalue weighted by Crippen LogP contribution is -2.34. The quantitative estimate of drug-likeness (QED) is 0.728. The molecule has 0 aromatic carbocycles. The number of rotatable bonds is 3. The zero-order valence-electron chi connectivity index (χ0n) is 9.23. The molecule has 1 aliphatic rings. The molecule has 0 aromatic heterocycles. The van der Waals surface area contributed by atoms with Crippen molar-refractivity contribution in [3.8, 4) is 0 Å². The van der Waals surface area contributed by atoms with E-state index in [4.69, 9.17) is 9.84 Å². The van der Waals surface area contributed by atoms with Crippen LogP contribution < -0.4 is 0 Å². The summed E-state index contributed by atoms with van der Waals surface area (Å²) in [6.07, 6.45) is 2.87. The molecule has 2 atom stereocenters. The van der Waals surface area contributed by atoms with Crippen molar-refractivity contribution in [3.63, 3.8) is 0 Å². The van der Waals surface area contributed by atoms with Crippen LogP contribution in [0.25, 0.3) is 0 Å². The molecule has 4 nitrogen and oxygen atoms in total. The van der Waals surface area contributed by atoms with Crippen LogP contribution in [-0.4, -0.2) is 23.1 Å². The maximum Gasteiger partial charge on any atom is 0.310 e. The van der Waals surface area contributed by atoms with Gasteiger partial charge in [-0.25, -0.2) is 0 Å². The van der Waals surface area contributed by atoms with Gasteiger partial charge >= 0.3 is 11.9 Å². The van der Waals surface area contributed by atoms with Crippen molar-refractivity contribution in [2.45, 2.75) is 45.6 Å². The van der Waals surface area contributed by atoms with Gasteiger partial charge in [0.1, 0.15) is 0 Å². The number of carboxylic acids is 1. The predicted octanol–water partition coefficient (Wildman–Crippen LogP) is 1.83. The van der Waals surface area contributed by atoms with Crippen molar-refractivity contribution >= 4 is 11.9 Å². The lowest BCUT2D eigenvalue weighted by atomic mass is 9.79. The molecule has 0 radical (unpaired) electrons. The molecule has 0 amide bonds. The second kappa shape index (κ2) is 5.14. The highest BCUT2D eigenvalue weighted by Gasteiger charge is 2.36. The molecule has 1 fully saturated rings. The third-order valence-corrected chi connectivity index (χ3v) is 2.74. The fourth-order valence-electron chi connectivity index (χ4n) is 2.03. The summed E-state index contributed by atoms with van der Waals surface area (Å²) < 4.78 is 5.07. The van der Waals surface area contributed by atoms with Gasteiger partial charge in [0.25, 0.3) is 0 Å². The van der Waals surface area contributed by atoms with Crippen LogP contribution in [0.1, 0.15) is 39.5 Å². The topological polar surface area (TPSA) is 63.6 Å². The molecular weight excluding hydrogens is 196 g/mol. The Morgan fingerprint density at radius 2 is 1.73 bits per heavy atom. The van der Waals surface area contributed by atoms with E-state index in [0.717, 1.165) is 12.8 Å². The van der Waals surface area contributed by atoms with Gasteiger partial charge in [-0.1, -0.05) is 12.8 Å². The molecule has 1 aliphatic carbocycles. The van der Waals surface area contributed by atoms with Crippen molar-refractivity contribution in [2.24, 2.45) is 11.8 Å². The smallest absolute Gasteiger partial charge is 0.310 e. The van der Waals surface area contributed by atoms with Gasteiger partial charge in [-0.3, -0.25) is 9.59 Å². The van der Waals surface area contributed by atoms with E-state index in [1.54, 1.807) is 13.8 Å². The highest BCUT2D eigenvalue weighted by Crippen LogP contribution is 2.31. The number of aliphatic carboxylic acids is 1. The molecule has 1 N–H and O–H groups in total. The Morgan fingerprint density at radius 3 is 2.20 bits per heavy atom. The summed E-state index contributed by atoms with van der Waals surface area (Å²) in [6.45, 7) is 3.55. The van der Waals surface area contributed by atoms with Crippen LogP contribution in [0.3, 0.4) is 0 Å². The first-order valence-corrected chi connectivity index (χ1v) is 5.45. The highest BCUT2D eigenvalue weighted by atomic mass is 16.5. The summed E-state index contributed by atoms with van der Waals surface area (Å²) in [7, 11) is 0. The Balaban J connectivity index is 2.63. The Kier molecular flexibility index (Phi) is 4.12. The van der Waals surface area contributed by atoms with Crippen molar-refractivity contribution in [2.75, 3.05) is 0 Å². The zero-order chi connectivity index (χ0) is 11.4. The number of ether oxygens (including phenoxy) is 1. The van der Waals surface area contributed by atoms with Crippen LogP contribution in [0.15, 0.2) is 0 Å². The van der Waals surface area contributed by atoms with Crippen LogP contribution in [0.5, 0.6) is 0 Å². The average molecular weight is 214 g/mol. The molecule has 15 heavy (non-hydrogen) atoms. The first-order chi connectivity index (χ1) is 7.02. The maximum atomic E-state index is 11.6. The number of carboxylic acid groups (broad SMARTS) is 1. The molecule has 0 saturated heterocycles. The lowest BCUT2D eigenvalue weighted by molar-refractivity contribution is -0.162. The van der Waals surface area contributed by atoms with Crippen molar-refractivity contribution in [1.82, 2.24) is 0 Å². The monoisotopic (exact) mass is 214 g/mol. The predicted molar refractivity (Wildman–Crippen MR) is 54.3 cm³/mol. The van der Waals surface area contributed by atoms with Gasteiger partial charge in [0, 0.05) is 0 Å². The molecular formula is C11H18O4. The number of hydrogen-bond donors (Lipinski definition) is 1. The van der Waals surface area contributed by atoms with E-state index in [-0.39, 0.29) is 12.1 Å². The summed E-state index contributed by atoms with van der Waals surface area (Å²) in [4.78, 5) is 22.6. The minimum Gasteiger partial charge on any atom is -0.481 e. The van der Waals surface area contributed by atoms with E-state index in [1.807, 2.05) is 0 Å². The largest absolute Gasteiger partial charge is 0.481 e. The Hall–Kier alpha value is -1.06. The molecule has 4 heteroatoms. The minimum absolute atomic E-state index is 0.172. The number of esters is 1. The highest BCUT2D eigenvalue weighted by molar-refractivity contribution is 5.81. The molecule has 0 bridgehead atoms. The van der Waals surface area contributed by atoms with E-state index in [0.29, 0.717) is 12.8 Å². The van der Waals surface area contributed by atoms with Gasteiger partial charge in [0.2, 0.25) is 0 Å². The van der Waals surface area contributed by atoms with Gasteiger partial charge in [-0.15, -0.1) is 0 Å². The van der Waals surface area contributed by atoms with Gasteiger partial charge in [-0.2, -0.15) is 0 Å². The van der Waals surface area contributed by atoms with Crippen LogP contribution in [0.4, 0.5) is 0 Å². The molecule has 86 valence electrons. The van der Waals surface area contributed by atoms with Gasteiger partial charge in [0.15, 0.2) is 0 Å². The fourth-order valence-corrected chi connectivity index (χ4v) is 2.03. The molecule has 0 heterocycles. The van der Waals surface area contributed by atoms with Crippen LogP contribution in [0, 0.1) is 11.8 Å². The third-order valence-electron chi connectivity index (χ3n) is 2.74. The standard InChI is InChI=1S/C11H18O4/c1-7(2)15-11(14)9-6-4-3-5-8(9)10(12)13/h7-9H,3-6H2,1-2H3,(H,12,13)/t8-,9-/m0/s1. The van der Waals surface area contributed by atoms with Crippen molar-refractivity contribution in [1.29, 1.82) is 0 Å². The fraction of sp³-hybridized carbons (Fsp3) is 0.818. The second-order valence-electron chi connectivity index (χ2n) is 4.32. The SMILES string of the molecule is CC(C)OC(=O)[C@H]1CCCC[C@@H]1C(=O)O. The number of carbonyl (C=O) groups excluding carboxylic acids is 1. The maximum absolute atomic E-state index is 11.6. The molecule has 0 spiro atoms. The average Bonchev–Trinajstić information content (AvgIpc) is 2.16.